The lowest BCUT2D eigenvalue weighted by molar-refractivity contribution is -0.151. The van der Waals surface area contributed by atoms with E-state index < -0.39 is 18.2 Å². The largest absolute Gasteiger partial charge is 0.462 e. The molecule has 0 aromatic heterocycles. The number of rotatable bonds is 41. The maximum Gasteiger partial charge on any atom is 0.306 e. The van der Waals surface area contributed by atoms with Crippen molar-refractivity contribution >= 4 is 11.9 Å². The van der Waals surface area contributed by atoms with E-state index in [9.17, 15) is 19.8 Å². The fourth-order valence-electron chi connectivity index (χ4n) is 7.20. The number of carbonyl (C=O) groups is 2. The van der Waals surface area contributed by atoms with Gasteiger partial charge in [0.05, 0.1) is 25.2 Å². The number of carbonyl (C=O) groups excluding carboxylic acids is 2. The Balaban J connectivity index is 4.49. The molecule has 0 aliphatic rings. The summed E-state index contributed by atoms with van der Waals surface area (Å²) in [5.41, 5.74) is 0. The summed E-state index contributed by atoms with van der Waals surface area (Å²) in [7, 11) is 0. The maximum atomic E-state index is 13.1. The number of hydrogen-bond donors (Lipinski definition) is 3. The molecule has 0 saturated heterocycles. The summed E-state index contributed by atoms with van der Waals surface area (Å²) >= 11 is 0. The molecule has 0 heterocycles. The summed E-state index contributed by atoms with van der Waals surface area (Å²) in [5, 5.41) is 23.6. The molecule has 0 aliphatic carbocycles. The van der Waals surface area contributed by atoms with Gasteiger partial charge < -0.3 is 20.3 Å². The van der Waals surface area contributed by atoms with Crippen molar-refractivity contribution in [1.29, 1.82) is 0 Å². The second-order valence-corrected chi connectivity index (χ2v) is 15.8. The van der Waals surface area contributed by atoms with Crippen LogP contribution in [0.2, 0.25) is 0 Å². The topological polar surface area (TPSA) is 95.9 Å². The molecule has 3 unspecified atom stereocenters. The molecular weight excluding hydrogens is 634 g/mol. The molecule has 304 valence electrons. The molecule has 0 rings (SSSR count). The number of aliphatic hydroxyl groups is 2. The smallest absolute Gasteiger partial charge is 0.306 e. The van der Waals surface area contributed by atoms with Crippen molar-refractivity contribution in [1.82, 2.24) is 5.32 Å². The molecule has 0 aliphatic heterocycles. The van der Waals surface area contributed by atoms with E-state index in [-0.39, 0.29) is 24.9 Å². The number of nitrogens with one attached hydrogen (secondary N) is 1. The third-order valence-corrected chi connectivity index (χ3v) is 10.7. The quantitative estimate of drug-likeness (QED) is 0.0431. The zero-order chi connectivity index (χ0) is 37.5. The molecule has 3 N–H and O–H groups in total. The van der Waals surface area contributed by atoms with Crippen LogP contribution in [0.5, 0.6) is 0 Å². The SMILES string of the molecule is CCCCCCCCCCCCCCCC(=O)OC(CCCCCCCCCCC)CC(=O)NC(CO)C(O)CCCCCCCCCCCC. The van der Waals surface area contributed by atoms with Gasteiger partial charge in [-0.2, -0.15) is 0 Å². The molecular formula is C45H89NO5. The Labute approximate surface area is 317 Å². The first kappa shape index (κ1) is 49.9. The summed E-state index contributed by atoms with van der Waals surface area (Å²) in [6, 6.07) is -0.689. The molecule has 0 aromatic rings. The van der Waals surface area contributed by atoms with Crippen molar-refractivity contribution < 1.29 is 24.5 Å². The summed E-state index contributed by atoms with van der Waals surface area (Å²) in [6.45, 7) is 6.46. The minimum absolute atomic E-state index is 0.0861. The van der Waals surface area contributed by atoms with Gasteiger partial charge in [-0.1, -0.05) is 213 Å². The Morgan fingerprint density at radius 2 is 0.824 bits per heavy atom. The van der Waals surface area contributed by atoms with Gasteiger partial charge in [-0.3, -0.25) is 9.59 Å². The van der Waals surface area contributed by atoms with E-state index in [1.807, 2.05) is 0 Å². The lowest BCUT2D eigenvalue weighted by atomic mass is 10.0. The molecule has 51 heavy (non-hydrogen) atoms. The molecule has 0 saturated carbocycles. The molecule has 1 amide bonds. The molecule has 0 radical (unpaired) electrons. The van der Waals surface area contributed by atoms with Crippen LogP contribution in [0, 0.1) is 0 Å². The Bertz CT molecular complexity index is 731. The number of ether oxygens (including phenoxy) is 1. The fraction of sp³-hybridized carbons (Fsp3) is 0.956. The number of amides is 1. The minimum atomic E-state index is -0.776. The molecule has 0 spiro atoms. The van der Waals surface area contributed by atoms with Crippen LogP contribution in [0.25, 0.3) is 0 Å². The van der Waals surface area contributed by atoms with Crippen molar-refractivity contribution in [3.63, 3.8) is 0 Å². The van der Waals surface area contributed by atoms with Gasteiger partial charge in [-0.05, 0) is 25.7 Å². The Morgan fingerprint density at radius 3 is 1.20 bits per heavy atom. The second-order valence-electron chi connectivity index (χ2n) is 15.8. The summed E-state index contributed by atoms with van der Waals surface area (Å²) in [5.74, 6) is -0.461. The van der Waals surface area contributed by atoms with Crippen LogP contribution >= 0.6 is 0 Å². The number of unbranched alkanes of at least 4 members (excludes halogenated alkanes) is 29. The average molecular weight is 724 g/mol. The summed E-state index contributed by atoms with van der Waals surface area (Å²) < 4.78 is 5.89. The predicted molar refractivity (Wildman–Crippen MR) is 218 cm³/mol. The van der Waals surface area contributed by atoms with E-state index in [1.165, 1.54) is 161 Å². The maximum absolute atomic E-state index is 13.1. The summed E-state index contributed by atoms with van der Waals surface area (Å²) in [4.78, 5) is 25.9. The third kappa shape index (κ3) is 35.6. The zero-order valence-corrected chi connectivity index (χ0v) is 34.5. The van der Waals surface area contributed by atoms with Crippen LogP contribution in [0.4, 0.5) is 0 Å². The van der Waals surface area contributed by atoms with E-state index in [0.29, 0.717) is 19.3 Å². The predicted octanol–water partition coefficient (Wildman–Crippen LogP) is 12.8. The van der Waals surface area contributed by atoms with Crippen molar-refractivity contribution in [3.05, 3.63) is 0 Å². The number of esters is 1. The number of hydrogen-bond acceptors (Lipinski definition) is 5. The van der Waals surface area contributed by atoms with Crippen LogP contribution in [-0.4, -0.2) is 46.9 Å². The highest BCUT2D eigenvalue weighted by molar-refractivity contribution is 5.77. The minimum Gasteiger partial charge on any atom is -0.462 e. The van der Waals surface area contributed by atoms with Gasteiger partial charge in [0, 0.05) is 6.42 Å². The van der Waals surface area contributed by atoms with Crippen molar-refractivity contribution in [3.8, 4) is 0 Å². The van der Waals surface area contributed by atoms with E-state index in [1.54, 1.807) is 0 Å². The van der Waals surface area contributed by atoms with Crippen molar-refractivity contribution in [2.24, 2.45) is 0 Å². The van der Waals surface area contributed by atoms with Crippen LogP contribution in [0.3, 0.4) is 0 Å². The Hall–Kier alpha value is -1.14. The normalized spacial score (nSPS) is 13.3. The van der Waals surface area contributed by atoms with Gasteiger partial charge in [0.1, 0.15) is 6.10 Å². The van der Waals surface area contributed by atoms with E-state index in [4.69, 9.17) is 4.74 Å². The lowest BCUT2D eigenvalue weighted by Gasteiger charge is -2.24. The highest BCUT2D eigenvalue weighted by Crippen LogP contribution is 2.18. The van der Waals surface area contributed by atoms with Gasteiger partial charge in [-0.15, -0.1) is 0 Å². The first-order valence-corrected chi connectivity index (χ1v) is 22.8. The third-order valence-electron chi connectivity index (χ3n) is 10.7. The standard InChI is InChI=1S/C45H89NO5/c1-4-7-10-13-16-19-21-22-23-26-29-32-35-38-45(50)51-41(36-33-30-27-24-18-15-12-9-6-3)39-44(49)46-42(40-47)43(48)37-34-31-28-25-20-17-14-11-8-5-2/h41-43,47-48H,4-40H2,1-3H3,(H,46,49). The first-order valence-electron chi connectivity index (χ1n) is 22.8. The first-order chi connectivity index (χ1) is 25.0. The van der Waals surface area contributed by atoms with Crippen LogP contribution in [0.1, 0.15) is 252 Å². The highest BCUT2D eigenvalue weighted by atomic mass is 16.5. The van der Waals surface area contributed by atoms with E-state index >= 15 is 0 Å². The van der Waals surface area contributed by atoms with E-state index in [2.05, 4.69) is 26.1 Å². The highest BCUT2D eigenvalue weighted by Gasteiger charge is 2.24. The van der Waals surface area contributed by atoms with Crippen LogP contribution in [0.15, 0.2) is 0 Å². The number of aliphatic hydroxyl groups excluding tert-OH is 2. The molecule has 0 aromatic carbocycles. The molecule has 3 atom stereocenters. The van der Waals surface area contributed by atoms with Crippen LogP contribution < -0.4 is 5.32 Å². The monoisotopic (exact) mass is 724 g/mol. The second kappa shape index (κ2) is 40.1. The van der Waals surface area contributed by atoms with Crippen LogP contribution in [-0.2, 0) is 14.3 Å². The van der Waals surface area contributed by atoms with Gasteiger partial charge in [0.25, 0.3) is 0 Å². The lowest BCUT2D eigenvalue weighted by Crippen LogP contribution is -2.46. The zero-order valence-electron chi connectivity index (χ0n) is 34.5. The Morgan fingerprint density at radius 1 is 0.490 bits per heavy atom. The van der Waals surface area contributed by atoms with Crippen molar-refractivity contribution in [2.75, 3.05) is 6.61 Å². The Kier molecular flexibility index (Phi) is 39.2. The molecule has 0 fully saturated rings. The molecule has 0 bridgehead atoms. The summed E-state index contributed by atoms with van der Waals surface area (Å²) in [6.07, 6.45) is 40.2. The average Bonchev–Trinajstić information content (AvgIpc) is 3.12. The van der Waals surface area contributed by atoms with Gasteiger partial charge in [0.2, 0.25) is 5.91 Å². The molecule has 6 nitrogen and oxygen atoms in total. The molecule has 6 heteroatoms. The van der Waals surface area contributed by atoms with Gasteiger partial charge in [-0.25, -0.2) is 0 Å². The fourth-order valence-corrected chi connectivity index (χ4v) is 7.20. The van der Waals surface area contributed by atoms with Gasteiger partial charge >= 0.3 is 5.97 Å². The van der Waals surface area contributed by atoms with Crippen molar-refractivity contribution in [2.45, 2.75) is 270 Å². The van der Waals surface area contributed by atoms with Gasteiger partial charge in [0.15, 0.2) is 0 Å². The van der Waals surface area contributed by atoms with E-state index in [0.717, 1.165) is 44.9 Å².